The molecule has 3 heterocycles. The molecule has 0 saturated carbocycles. The molecular formula is C41H45N6O3S+. The van der Waals surface area contributed by atoms with Gasteiger partial charge in [0.15, 0.2) is 11.4 Å². The lowest BCUT2D eigenvalue weighted by Crippen LogP contribution is -2.44. The summed E-state index contributed by atoms with van der Waals surface area (Å²) in [5.74, 6) is -0.629. The van der Waals surface area contributed by atoms with Crippen LogP contribution in [0.2, 0.25) is 0 Å². The minimum Gasteiger partial charge on any atom is -0.361 e. The molecule has 0 bridgehead atoms. The van der Waals surface area contributed by atoms with Crippen molar-refractivity contribution in [1.29, 1.82) is 0 Å². The number of aryl methyl sites for hydroxylation is 2. The molecule has 2 aromatic heterocycles. The van der Waals surface area contributed by atoms with E-state index in [4.69, 9.17) is 0 Å². The molecule has 1 aliphatic heterocycles. The van der Waals surface area contributed by atoms with E-state index in [1.807, 2.05) is 30.5 Å². The van der Waals surface area contributed by atoms with E-state index in [2.05, 4.69) is 93.8 Å². The largest absolute Gasteiger partial charge is 0.361 e. The summed E-state index contributed by atoms with van der Waals surface area (Å²) in [7, 11) is 2.12. The van der Waals surface area contributed by atoms with Gasteiger partial charge in [-0.05, 0) is 72.5 Å². The summed E-state index contributed by atoms with van der Waals surface area (Å²) in [5.41, 5.74) is 8.06. The second-order valence-electron chi connectivity index (χ2n) is 13.1. The lowest BCUT2D eigenvalue weighted by Gasteiger charge is -2.18. The smallest absolute Gasteiger partial charge is 0.247 e. The van der Waals surface area contributed by atoms with Gasteiger partial charge in [-0.2, -0.15) is 0 Å². The van der Waals surface area contributed by atoms with Gasteiger partial charge in [0.25, 0.3) is 0 Å². The molecule has 0 spiro atoms. The summed E-state index contributed by atoms with van der Waals surface area (Å²) < 4.78 is 2.35. The van der Waals surface area contributed by atoms with Crippen LogP contribution in [0.3, 0.4) is 0 Å². The highest BCUT2D eigenvalue weighted by Gasteiger charge is 2.23. The van der Waals surface area contributed by atoms with Crippen molar-refractivity contribution in [3.63, 3.8) is 0 Å². The predicted octanol–water partition coefficient (Wildman–Crippen LogP) is 7.50. The molecule has 51 heavy (non-hydrogen) atoms. The number of pyridine rings is 1. The van der Waals surface area contributed by atoms with Gasteiger partial charge in [0.05, 0.1) is 10.7 Å². The Morgan fingerprint density at radius 2 is 1.57 bits per heavy atom. The van der Waals surface area contributed by atoms with Crippen LogP contribution in [0.4, 0.5) is 17.1 Å². The average Bonchev–Trinajstić information content (AvgIpc) is 3.66. The maximum Gasteiger partial charge on any atom is 0.247 e. The van der Waals surface area contributed by atoms with Crippen LogP contribution >= 0.6 is 11.8 Å². The number of hydrogen-bond donors (Lipinski definition) is 4. The highest BCUT2D eigenvalue weighted by Crippen LogP contribution is 2.45. The summed E-state index contributed by atoms with van der Waals surface area (Å²) in [5, 5.41) is 10.9. The zero-order valence-corrected chi connectivity index (χ0v) is 30.4. The van der Waals surface area contributed by atoms with Gasteiger partial charge in [0.2, 0.25) is 17.7 Å². The SMILES string of the molecule is CC(=O)NC(Cc1c[nH]c2ccccc12)C(=O)Nc1ccc(NC(=O)CCCCC[n+]2c(C)cc(C=C3Sc4ccccc4N3C)cc2C)cc1. The van der Waals surface area contributed by atoms with Crippen LogP contribution in [-0.4, -0.2) is 35.8 Å². The quantitative estimate of drug-likeness (QED) is 0.0751. The number of rotatable bonds is 13. The number of fused-ring (bicyclic) bond motifs is 2. The number of nitrogens with one attached hydrogen (secondary N) is 4. The number of amides is 3. The Kier molecular flexibility index (Phi) is 11.2. The van der Waals surface area contributed by atoms with E-state index in [-0.39, 0.29) is 17.7 Å². The van der Waals surface area contributed by atoms with E-state index >= 15 is 0 Å². The molecule has 0 radical (unpaired) electrons. The number of H-pyrrole nitrogens is 1. The first-order chi connectivity index (χ1) is 24.6. The van der Waals surface area contributed by atoms with Gasteiger partial charge in [-0.3, -0.25) is 14.4 Å². The number of para-hydroxylation sites is 2. The molecular weight excluding hydrogens is 657 g/mol. The normalized spacial score (nSPS) is 13.6. The molecule has 0 saturated heterocycles. The fourth-order valence-corrected chi connectivity index (χ4v) is 7.69. The van der Waals surface area contributed by atoms with Crippen LogP contribution in [0.5, 0.6) is 0 Å². The summed E-state index contributed by atoms with van der Waals surface area (Å²) in [6, 6.07) is 27.1. The molecule has 0 aliphatic carbocycles. The molecule has 262 valence electrons. The average molecular weight is 702 g/mol. The summed E-state index contributed by atoms with van der Waals surface area (Å²) in [6.45, 7) is 6.63. The van der Waals surface area contributed by atoms with Crippen LogP contribution in [0.25, 0.3) is 17.0 Å². The number of anilines is 3. The Morgan fingerprint density at radius 3 is 2.29 bits per heavy atom. The zero-order chi connectivity index (χ0) is 35.9. The summed E-state index contributed by atoms with van der Waals surface area (Å²) in [4.78, 5) is 44.5. The van der Waals surface area contributed by atoms with Crippen LogP contribution in [-0.2, 0) is 27.3 Å². The molecule has 1 unspecified atom stereocenters. The third-order valence-electron chi connectivity index (χ3n) is 9.18. The van der Waals surface area contributed by atoms with Gasteiger partial charge in [0, 0.05) is 92.6 Å². The molecule has 9 nitrogen and oxygen atoms in total. The van der Waals surface area contributed by atoms with Gasteiger partial charge in [-0.15, -0.1) is 0 Å². The maximum atomic E-state index is 13.2. The molecule has 1 aliphatic rings. The number of benzene rings is 3. The molecule has 0 fully saturated rings. The number of thioether (sulfide) groups is 1. The van der Waals surface area contributed by atoms with Gasteiger partial charge < -0.3 is 25.8 Å². The fraction of sp³-hybridized carbons (Fsp3) is 0.268. The van der Waals surface area contributed by atoms with Crippen LogP contribution in [0, 0.1) is 13.8 Å². The second-order valence-corrected chi connectivity index (χ2v) is 14.1. The fourth-order valence-electron chi connectivity index (χ4n) is 6.58. The highest BCUT2D eigenvalue weighted by atomic mass is 32.2. The second kappa shape index (κ2) is 16.1. The van der Waals surface area contributed by atoms with Crippen molar-refractivity contribution in [3.05, 3.63) is 119 Å². The summed E-state index contributed by atoms with van der Waals surface area (Å²) in [6.07, 6.45) is 7.65. The monoisotopic (exact) mass is 701 g/mol. The molecule has 4 N–H and O–H groups in total. The van der Waals surface area contributed by atoms with Crippen molar-refractivity contribution in [2.45, 2.75) is 70.4 Å². The topological polar surface area (TPSA) is 110 Å². The molecule has 1 atom stereocenters. The van der Waals surface area contributed by atoms with E-state index in [9.17, 15) is 14.4 Å². The highest BCUT2D eigenvalue weighted by molar-refractivity contribution is 8.03. The Morgan fingerprint density at radius 1 is 0.882 bits per heavy atom. The number of carbonyl (C=O) groups excluding carboxylic acids is 3. The number of carbonyl (C=O) groups is 3. The zero-order valence-electron chi connectivity index (χ0n) is 29.6. The first kappa shape index (κ1) is 35.5. The Bertz CT molecular complexity index is 2060. The number of nitrogens with zero attached hydrogens (tertiary/aromatic N) is 2. The van der Waals surface area contributed by atoms with Crippen LogP contribution in [0.1, 0.15) is 55.1 Å². The van der Waals surface area contributed by atoms with Gasteiger partial charge >= 0.3 is 0 Å². The Labute approximate surface area is 303 Å². The standard InChI is InChI=1S/C41H44N6O3S/c1-27-22-30(24-40-46(4)37-14-9-10-15-38(37)51-40)23-28(2)47(27)21-11-5-6-16-39(49)44-32-17-19-33(20-18-32)45-41(50)36(43-29(3)48)25-31-26-42-35-13-8-7-12-34(31)35/h7-10,12-15,17-20,22-24,26,36,42H,5-6,11,16,21,25H2,1-4H3,(H2-,43,44,45,48,49,50)/p+1. The Balaban J connectivity index is 0.940. The molecule has 3 amide bonds. The molecule has 10 heteroatoms. The maximum absolute atomic E-state index is 13.2. The van der Waals surface area contributed by atoms with Crippen molar-refractivity contribution < 1.29 is 19.0 Å². The van der Waals surface area contributed by atoms with Crippen molar-refractivity contribution in [2.75, 3.05) is 22.6 Å². The van der Waals surface area contributed by atoms with E-state index in [1.54, 1.807) is 36.0 Å². The van der Waals surface area contributed by atoms with Crippen molar-refractivity contribution in [3.8, 4) is 0 Å². The lowest BCUT2D eigenvalue weighted by molar-refractivity contribution is -0.709. The number of aromatic nitrogens is 2. The first-order valence-electron chi connectivity index (χ1n) is 17.4. The third-order valence-corrected chi connectivity index (χ3v) is 10.3. The van der Waals surface area contributed by atoms with Gasteiger partial charge in [-0.25, -0.2) is 4.57 Å². The number of unbranched alkanes of at least 4 members (excludes halogenated alkanes) is 2. The van der Waals surface area contributed by atoms with E-state index in [0.29, 0.717) is 24.2 Å². The van der Waals surface area contributed by atoms with Crippen molar-refractivity contribution in [2.24, 2.45) is 0 Å². The summed E-state index contributed by atoms with van der Waals surface area (Å²) >= 11 is 1.80. The minimum atomic E-state index is -0.744. The van der Waals surface area contributed by atoms with Crippen molar-refractivity contribution in [1.82, 2.24) is 10.3 Å². The molecule has 6 rings (SSSR count). The number of hydrogen-bond acceptors (Lipinski definition) is 5. The van der Waals surface area contributed by atoms with Crippen molar-refractivity contribution >= 4 is 63.5 Å². The molecule has 3 aromatic carbocycles. The Hall–Kier alpha value is -5.35. The van der Waals surface area contributed by atoms with Gasteiger partial charge in [0.1, 0.15) is 12.6 Å². The minimum absolute atomic E-state index is 0.0365. The van der Waals surface area contributed by atoms with Crippen LogP contribution < -0.4 is 25.4 Å². The molecule has 5 aromatic rings. The predicted molar refractivity (Wildman–Crippen MR) is 207 cm³/mol. The number of aromatic amines is 1. The first-order valence-corrected chi connectivity index (χ1v) is 18.2. The lowest BCUT2D eigenvalue weighted by atomic mass is 10.0. The van der Waals surface area contributed by atoms with E-state index < -0.39 is 6.04 Å². The van der Waals surface area contributed by atoms with Crippen LogP contribution in [0.15, 0.2) is 101 Å². The third kappa shape index (κ3) is 8.88. The van der Waals surface area contributed by atoms with Gasteiger partial charge in [-0.1, -0.05) is 42.1 Å². The van der Waals surface area contributed by atoms with E-state index in [0.717, 1.165) is 42.3 Å². The van der Waals surface area contributed by atoms with E-state index in [1.165, 1.54) is 39.5 Å².